The number of benzene rings is 1. The molecular weight excluding hydrogens is 215 g/mol. The predicted octanol–water partition coefficient (Wildman–Crippen LogP) is 2.40. The van der Waals surface area contributed by atoms with E-state index < -0.39 is 0 Å². The van der Waals surface area contributed by atoms with Crippen LogP contribution in [0, 0.1) is 5.82 Å². The maximum atomic E-state index is 12.7. The number of hydrogen-bond acceptors (Lipinski definition) is 2. The van der Waals surface area contributed by atoms with Crippen molar-refractivity contribution < 1.29 is 4.39 Å². The molecule has 1 N–H and O–H groups in total. The molecule has 1 atom stereocenters. The lowest BCUT2D eigenvalue weighted by Crippen LogP contribution is -2.38. The largest absolute Gasteiger partial charge is 0.311 e. The first-order valence-electron chi connectivity index (χ1n) is 6.34. The van der Waals surface area contributed by atoms with Gasteiger partial charge >= 0.3 is 0 Å². The van der Waals surface area contributed by atoms with Gasteiger partial charge in [0.05, 0.1) is 0 Å². The van der Waals surface area contributed by atoms with Gasteiger partial charge in [0.1, 0.15) is 5.82 Å². The van der Waals surface area contributed by atoms with Crippen LogP contribution in [0.1, 0.15) is 25.3 Å². The van der Waals surface area contributed by atoms with Crippen LogP contribution in [0.15, 0.2) is 24.3 Å². The molecule has 0 heterocycles. The third-order valence-corrected chi connectivity index (χ3v) is 3.50. The molecule has 1 fully saturated rings. The Morgan fingerprint density at radius 2 is 2.00 bits per heavy atom. The minimum atomic E-state index is -0.171. The smallest absolute Gasteiger partial charge is 0.123 e. The van der Waals surface area contributed by atoms with Crippen molar-refractivity contribution in [3.05, 3.63) is 35.6 Å². The van der Waals surface area contributed by atoms with Crippen LogP contribution < -0.4 is 5.32 Å². The van der Waals surface area contributed by atoms with Crippen molar-refractivity contribution in [2.75, 3.05) is 13.6 Å². The van der Waals surface area contributed by atoms with E-state index in [9.17, 15) is 4.39 Å². The Kier molecular flexibility index (Phi) is 4.13. The first-order chi connectivity index (χ1) is 8.16. The van der Waals surface area contributed by atoms with Crippen LogP contribution in [0.5, 0.6) is 0 Å². The van der Waals surface area contributed by atoms with Gasteiger partial charge in [0.15, 0.2) is 0 Å². The number of halogens is 1. The second-order valence-electron chi connectivity index (χ2n) is 5.00. The summed E-state index contributed by atoms with van der Waals surface area (Å²) < 4.78 is 12.7. The third kappa shape index (κ3) is 3.79. The van der Waals surface area contributed by atoms with Crippen molar-refractivity contribution in [3.8, 4) is 0 Å². The summed E-state index contributed by atoms with van der Waals surface area (Å²) in [4.78, 5) is 2.44. The van der Waals surface area contributed by atoms with E-state index in [1.807, 2.05) is 12.1 Å². The minimum Gasteiger partial charge on any atom is -0.311 e. The number of rotatable bonds is 6. The SMILES string of the molecule is CC(CNCc1ccc(F)cc1)N(C)C1CC1. The number of nitrogens with zero attached hydrogens (tertiary/aromatic N) is 1. The molecule has 2 rings (SSSR count). The zero-order valence-electron chi connectivity index (χ0n) is 10.6. The summed E-state index contributed by atoms with van der Waals surface area (Å²) in [7, 11) is 2.20. The van der Waals surface area contributed by atoms with Crippen molar-refractivity contribution in [1.29, 1.82) is 0 Å². The Labute approximate surface area is 103 Å². The van der Waals surface area contributed by atoms with Crippen LogP contribution in [0.4, 0.5) is 4.39 Å². The molecule has 1 unspecified atom stereocenters. The average molecular weight is 236 g/mol. The van der Waals surface area contributed by atoms with E-state index in [4.69, 9.17) is 0 Å². The maximum Gasteiger partial charge on any atom is 0.123 e. The van der Waals surface area contributed by atoms with Crippen molar-refractivity contribution in [3.63, 3.8) is 0 Å². The first kappa shape index (κ1) is 12.5. The van der Waals surface area contributed by atoms with Gasteiger partial charge in [0.2, 0.25) is 0 Å². The molecule has 2 nitrogen and oxygen atoms in total. The molecule has 3 heteroatoms. The Bertz CT molecular complexity index is 346. The predicted molar refractivity (Wildman–Crippen MR) is 68.4 cm³/mol. The Morgan fingerprint density at radius 3 is 2.59 bits per heavy atom. The topological polar surface area (TPSA) is 15.3 Å². The summed E-state index contributed by atoms with van der Waals surface area (Å²) in [5.41, 5.74) is 1.13. The van der Waals surface area contributed by atoms with Gasteiger partial charge in [-0.05, 0) is 44.5 Å². The number of nitrogens with one attached hydrogen (secondary N) is 1. The number of likely N-dealkylation sites (N-methyl/N-ethyl adjacent to an activating group) is 1. The lowest BCUT2D eigenvalue weighted by atomic mass is 10.2. The summed E-state index contributed by atoms with van der Waals surface area (Å²) in [5.74, 6) is -0.171. The van der Waals surface area contributed by atoms with Crippen LogP contribution in [-0.4, -0.2) is 30.6 Å². The summed E-state index contributed by atoms with van der Waals surface area (Å²) in [6, 6.07) is 8.04. The van der Waals surface area contributed by atoms with Gasteiger partial charge in [-0.25, -0.2) is 4.39 Å². The van der Waals surface area contributed by atoms with Gasteiger partial charge in [-0.15, -0.1) is 0 Å². The van der Waals surface area contributed by atoms with Gasteiger partial charge in [-0.3, -0.25) is 4.90 Å². The molecule has 0 spiro atoms. The minimum absolute atomic E-state index is 0.171. The highest BCUT2D eigenvalue weighted by Gasteiger charge is 2.28. The molecule has 0 amide bonds. The standard InChI is InChI=1S/C14H21FN2/c1-11(17(2)14-7-8-14)9-16-10-12-3-5-13(15)6-4-12/h3-6,11,14,16H,7-10H2,1-2H3. The fourth-order valence-corrected chi connectivity index (χ4v) is 2.01. The van der Waals surface area contributed by atoms with E-state index >= 15 is 0 Å². The first-order valence-corrected chi connectivity index (χ1v) is 6.34. The maximum absolute atomic E-state index is 12.7. The Balaban J connectivity index is 1.69. The Morgan fingerprint density at radius 1 is 1.35 bits per heavy atom. The zero-order chi connectivity index (χ0) is 12.3. The summed E-state index contributed by atoms with van der Waals surface area (Å²) in [6.07, 6.45) is 2.69. The van der Waals surface area contributed by atoms with Crippen LogP contribution in [-0.2, 0) is 6.54 Å². The van der Waals surface area contributed by atoms with Crippen molar-refractivity contribution in [2.24, 2.45) is 0 Å². The van der Waals surface area contributed by atoms with Crippen LogP contribution in [0.2, 0.25) is 0 Å². The molecule has 0 aromatic heterocycles. The summed E-state index contributed by atoms with van der Waals surface area (Å²) >= 11 is 0. The molecule has 1 aliphatic carbocycles. The highest BCUT2D eigenvalue weighted by Crippen LogP contribution is 2.26. The van der Waals surface area contributed by atoms with Crippen LogP contribution in [0.25, 0.3) is 0 Å². The van der Waals surface area contributed by atoms with E-state index in [0.29, 0.717) is 6.04 Å². The molecule has 1 aromatic carbocycles. The van der Waals surface area contributed by atoms with Crippen molar-refractivity contribution in [2.45, 2.75) is 38.4 Å². The molecule has 94 valence electrons. The highest BCUT2D eigenvalue weighted by molar-refractivity contribution is 5.15. The van der Waals surface area contributed by atoms with E-state index in [-0.39, 0.29) is 5.82 Å². The van der Waals surface area contributed by atoms with Crippen LogP contribution in [0.3, 0.4) is 0 Å². The normalized spacial score (nSPS) is 17.4. The Hall–Kier alpha value is -0.930. The van der Waals surface area contributed by atoms with Crippen LogP contribution >= 0.6 is 0 Å². The monoisotopic (exact) mass is 236 g/mol. The van der Waals surface area contributed by atoms with Gasteiger partial charge in [-0.1, -0.05) is 12.1 Å². The second-order valence-corrected chi connectivity index (χ2v) is 5.00. The van der Waals surface area contributed by atoms with Crippen molar-refractivity contribution >= 4 is 0 Å². The molecular formula is C14H21FN2. The molecule has 1 saturated carbocycles. The molecule has 1 aromatic rings. The number of hydrogen-bond donors (Lipinski definition) is 1. The molecule has 0 aliphatic heterocycles. The van der Waals surface area contributed by atoms with E-state index in [0.717, 1.165) is 24.7 Å². The van der Waals surface area contributed by atoms with Gasteiger partial charge < -0.3 is 5.32 Å². The average Bonchev–Trinajstić information content (AvgIpc) is 3.14. The fraction of sp³-hybridized carbons (Fsp3) is 0.571. The molecule has 0 saturated heterocycles. The highest BCUT2D eigenvalue weighted by atomic mass is 19.1. The summed E-state index contributed by atoms with van der Waals surface area (Å²) in [5, 5.41) is 3.42. The third-order valence-electron chi connectivity index (χ3n) is 3.50. The molecule has 0 bridgehead atoms. The summed E-state index contributed by atoms with van der Waals surface area (Å²) in [6.45, 7) is 4.03. The van der Waals surface area contributed by atoms with E-state index in [1.165, 1.54) is 25.0 Å². The quantitative estimate of drug-likeness (QED) is 0.816. The zero-order valence-corrected chi connectivity index (χ0v) is 10.6. The van der Waals surface area contributed by atoms with E-state index in [1.54, 1.807) is 0 Å². The lowest BCUT2D eigenvalue weighted by molar-refractivity contribution is 0.241. The van der Waals surface area contributed by atoms with Gasteiger partial charge in [-0.2, -0.15) is 0 Å². The molecule has 1 aliphatic rings. The lowest BCUT2D eigenvalue weighted by Gasteiger charge is -2.24. The van der Waals surface area contributed by atoms with E-state index in [2.05, 4.69) is 24.2 Å². The second kappa shape index (κ2) is 5.61. The molecule has 0 radical (unpaired) electrons. The fourth-order valence-electron chi connectivity index (χ4n) is 2.01. The molecule has 17 heavy (non-hydrogen) atoms. The van der Waals surface area contributed by atoms with Gasteiger partial charge in [0.25, 0.3) is 0 Å². The van der Waals surface area contributed by atoms with Crippen molar-refractivity contribution in [1.82, 2.24) is 10.2 Å². The van der Waals surface area contributed by atoms with Gasteiger partial charge in [0, 0.05) is 25.2 Å².